The molecule has 0 saturated carbocycles. The Labute approximate surface area is 53.1 Å². The minimum absolute atomic E-state index is 0.224. The summed E-state index contributed by atoms with van der Waals surface area (Å²) in [7, 11) is 0. The maximum Gasteiger partial charge on any atom is 0.320 e. The van der Waals surface area contributed by atoms with Gasteiger partial charge in [-0.3, -0.25) is 5.32 Å². The van der Waals surface area contributed by atoms with Crippen LogP contribution in [0.2, 0.25) is 0 Å². The number of urea groups is 1. The zero-order valence-electron chi connectivity index (χ0n) is 5.19. The summed E-state index contributed by atoms with van der Waals surface area (Å²) in [5.41, 5.74) is 6.34. The minimum atomic E-state index is -0.224. The predicted molar refractivity (Wildman–Crippen MR) is 33.4 cm³/mol. The van der Waals surface area contributed by atoms with E-state index in [4.69, 9.17) is 5.73 Å². The average Bonchev–Trinajstić information content (AvgIpc) is 1.80. The third kappa shape index (κ3) is 1.13. The highest BCUT2D eigenvalue weighted by Crippen LogP contribution is 1.96. The third-order valence-corrected chi connectivity index (χ3v) is 1.22. The second kappa shape index (κ2) is 1.97. The van der Waals surface area contributed by atoms with Gasteiger partial charge in [0.05, 0.1) is 0 Å². The fourth-order valence-corrected chi connectivity index (χ4v) is 0.581. The first kappa shape index (κ1) is 5.94. The Bertz CT molecular complexity index is 173. The standard InChI is InChI=1S/C5H9N3O/c1-3-2-7-5(9)8-4(3)6/h2,6H2,1H3,(H2,7,8,9). The van der Waals surface area contributed by atoms with Crippen molar-refractivity contribution in [1.29, 1.82) is 0 Å². The fourth-order valence-electron chi connectivity index (χ4n) is 0.581. The van der Waals surface area contributed by atoms with Crippen molar-refractivity contribution < 1.29 is 4.79 Å². The van der Waals surface area contributed by atoms with Gasteiger partial charge in [0.25, 0.3) is 0 Å². The topological polar surface area (TPSA) is 67.1 Å². The molecule has 0 atom stereocenters. The molecule has 0 spiro atoms. The number of nitrogens with one attached hydrogen (secondary N) is 2. The van der Waals surface area contributed by atoms with Crippen LogP contribution in [0.1, 0.15) is 6.92 Å². The summed E-state index contributed by atoms with van der Waals surface area (Å²) < 4.78 is 0. The second-order valence-electron chi connectivity index (χ2n) is 2.00. The molecule has 1 aliphatic rings. The van der Waals surface area contributed by atoms with Crippen LogP contribution in [0.25, 0.3) is 0 Å². The number of carbonyl (C=O) groups excluding carboxylic acids is 1. The summed E-state index contributed by atoms with van der Waals surface area (Å²) in [6, 6.07) is -0.224. The zero-order valence-corrected chi connectivity index (χ0v) is 5.19. The highest BCUT2D eigenvalue weighted by atomic mass is 16.2. The molecular weight excluding hydrogens is 118 g/mol. The van der Waals surface area contributed by atoms with E-state index in [1.165, 1.54) is 0 Å². The molecule has 0 saturated heterocycles. The van der Waals surface area contributed by atoms with Gasteiger partial charge in [0.1, 0.15) is 5.82 Å². The van der Waals surface area contributed by atoms with Gasteiger partial charge < -0.3 is 11.1 Å². The highest BCUT2D eigenvalue weighted by Gasteiger charge is 2.09. The van der Waals surface area contributed by atoms with Gasteiger partial charge in [-0.1, -0.05) is 0 Å². The maximum atomic E-state index is 10.5. The average molecular weight is 127 g/mol. The normalized spacial score (nSPS) is 19.0. The van der Waals surface area contributed by atoms with Crippen molar-refractivity contribution in [3.05, 3.63) is 11.4 Å². The van der Waals surface area contributed by atoms with Crippen molar-refractivity contribution >= 4 is 6.03 Å². The summed E-state index contributed by atoms with van der Waals surface area (Å²) in [6.07, 6.45) is 0. The Morgan fingerprint density at radius 1 is 1.67 bits per heavy atom. The molecule has 4 nitrogen and oxygen atoms in total. The Hall–Kier alpha value is -1.19. The molecule has 1 heterocycles. The van der Waals surface area contributed by atoms with E-state index in [0.29, 0.717) is 12.4 Å². The molecule has 50 valence electrons. The van der Waals surface area contributed by atoms with Crippen molar-refractivity contribution in [2.75, 3.05) is 6.54 Å². The lowest BCUT2D eigenvalue weighted by molar-refractivity contribution is 0.242. The van der Waals surface area contributed by atoms with E-state index in [2.05, 4.69) is 10.6 Å². The first-order valence-corrected chi connectivity index (χ1v) is 2.70. The van der Waals surface area contributed by atoms with Crippen LogP contribution >= 0.6 is 0 Å². The predicted octanol–water partition coefficient (Wildman–Crippen LogP) is -0.511. The van der Waals surface area contributed by atoms with Crippen molar-refractivity contribution in [2.24, 2.45) is 5.73 Å². The summed E-state index contributed by atoms with van der Waals surface area (Å²) in [4.78, 5) is 10.5. The van der Waals surface area contributed by atoms with Crippen LogP contribution in [-0.2, 0) is 0 Å². The number of nitrogens with two attached hydrogens (primary N) is 1. The van der Waals surface area contributed by atoms with E-state index in [1.807, 2.05) is 6.92 Å². The quantitative estimate of drug-likeness (QED) is 0.410. The first-order chi connectivity index (χ1) is 4.20. The van der Waals surface area contributed by atoms with Gasteiger partial charge >= 0.3 is 6.03 Å². The van der Waals surface area contributed by atoms with Gasteiger partial charge in [-0.2, -0.15) is 0 Å². The molecule has 2 amide bonds. The van der Waals surface area contributed by atoms with Crippen LogP contribution in [0, 0.1) is 0 Å². The highest BCUT2D eigenvalue weighted by molar-refractivity contribution is 5.77. The van der Waals surface area contributed by atoms with Crippen molar-refractivity contribution in [3.8, 4) is 0 Å². The summed E-state index contributed by atoms with van der Waals surface area (Å²) in [5.74, 6) is 0.471. The van der Waals surface area contributed by atoms with E-state index in [-0.39, 0.29) is 6.03 Å². The number of amides is 2. The Morgan fingerprint density at radius 2 is 2.33 bits per heavy atom. The molecule has 0 aliphatic carbocycles. The van der Waals surface area contributed by atoms with Gasteiger partial charge in [0, 0.05) is 6.54 Å². The zero-order chi connectivity index (χ0) is 6.85. The second-order valence-corrected chi connectivity index (χ2v) is 2.00. The molecule has 4 N–H and O–H groups in total. The van der Waals surface area contributed by atoms with Gasteiger partial charge in [0.2, 0.25) is 0 Å². The number of hydrogen-bond acceptors (Lipinski definition) is 2. The Morgan fingerprint density at radius 3 is 2.78 bits per heavy atom. The maximum absolute atomic E-state index is 10.5. The van der Waals surface area contributed by atoms with E-state index in [9.17, 15) is 4.79 Å². The third-order valence-electron chi connectivity index (χ3n) is 1.22. The fraction of sp³-hybridized carbons (Fsp3) is 0.400. The van der Waals surface area contributed by atoms with Crippen LogP contribution in [0.4, 0.5) is 4.79 Å². The van der Waals surface area contributed by atoms with Gasteiger partial charge in [-0.25, -0.2) is 4.79 Å². The van der Waals surface area contributed by atoms with Crippen LogP contribution in [0.5, 0.6) is 0 Å². The SMILES string of the molecule is CC1=C(N)NC(=O)NC1. The molecule has 0 aromatic rings. The molecule has 1 aliphatic heterocycles. The van der Waals surface area contributed by atoms with E-state index >= 15 is 0 Å². The molecule has 0 radical (unpaired) electrons. The van der Waals surface area contributed by atoms with Crippen molar-refractivity contribution in [2.45, 2.75) is 6.92 Å². The number of carbonyl (C=O) groups is 1. The van der Waals surface area contributed by atoms with Crippen LogP contribution in [-0.4, -0.2) is 12.6 Å². The molecule has 0 bridgehead atoms. The molecule has 0 fully saturated rings. The molecule has 0 aromatic heterocycles. The number of rotatable bonds is 0. The molecule has 4 heteroatoms. The molecule has 1 rings (SSSR count). The molecule has 9 heavy (non-hydrogen) atoms. The van der Waals surface area contributed by atoms with E-state index < -0.39 is 0 Å². The van der Waals surface area contributed by atoms with Gasteiger partial charge in [-0.15, -0.1) is 0 Å². The minimum Gasteiger partial charge on any atom is -0.385 e. The molecule has 0 unspecified atom stereocenters. The first-order valence-electron chi connectivity index (χ1n) is 2.70. The van der Waals surface area contributed by atoms with Crippen LogP contribution in [0.15, 0.2) is 11.4 Å². The van der Waals surface area contributed by atoms with E-state index in [0.717, 1.165) is 5.57 Å². The lowest BCUT2D eigenvalue weighted by Gasteiger charge is -2.15. The van der Waals surface area contributed by atoms with Gasteiger partial charge in [0.15, 0.2) is 0 Å². The largest absolute Gasteiger partial charge is 0.385 e. The molecular formula is C5H9N3O. The molecule has 0 aromatic carbocycles. The van der Waals surface area contributed by atoms with Crippen molar-refractivity contribution in [3.63, 3.8) is 0 Å². The smallest absolute Gasteiger partial charge is 0.320 e. The van der Waals surface area contributed by atoms with Crippen LogP contribution in [0.3, 0.4) is 0 Å². The summed E-state index contributed by atoms with van der Waals surface area (Å²) in [5, 5.41) is 5.01. The lowest BCUT2D eigenvalue weighted by atomic mass is 10.3. The Kier molecular flexibility index (Phi) is 1.30. The van der Waals surface area contributed by atoms with E-state index in [1.54, 1.807) is 0 Å². The summed E-state index contributed by atoms with van der Waals surface area (Å²) in [6.45, 7) is 2.42. The van der Waals surface area contributed by atoms with Crippen LogP contribution < -0.4 is 16.4 Å². The monoisotopic (exact) mass is 127 g/mol. The number of hydrogen-bond donors (Lipinski definition) is 3. The van der Waals surface area contributed by atoms with Gasteiger partial charge in [-0.05, 0) is 12.5 Å². The van der Waals surface area contributed by atoms with Crippen molar-refractivity contribution in [1.82, 2.24) is 10.6 Å². The lowest BCUT2D eigenvalue weighted by Crippen LogP contribution is -2.43. The summed E-state index contributed by atoms with van der Waals surface area (Å²) >= 11 is 0. The Balaban J connectivity index is 2.72.